The molecule has 0 saturated heterocycles. The molecule has 0 aliphatic heterocycles. The number of sulfone groups is 1. The lowest BCUT2D eigenvalue weighted by atomic mass is 10.0. The van der Waals surface area contributed by atoms with Crippen molar-refractivity contribution in [1.29, 1.82) is 0 Å². The van der Waals surface area contributed by atoms with Crippen molar-refractivity contribution in [2.75, 3.05) is 11.1 Å². The van der Waals surface area contributed by atoms with Gasteiger partial charge in [0, 0.05) is 10.9 Å². The molecule has 0 atom stereocenters. The van der Waals surface area contributed by atoms with Crippen LogP contribution in [0.3, 0.4) is 0 Å². The van der Waals surface area contributed by atoms with Gasteiger partial charge >= 0.3 is 0 Å². The van der Waals surface area contributed by atoms with Gasteiger partial charge in [-0.05, 0) is 22.9 Å². The third-order valence-electron chi connectivity index (χ3n) is 4.64. The zero-order valence-electron chi connectivity index (χ0n) is 15.6. The summed E-state index contributed by atoms with van der Waals surface area (Å²) in [6, 6.07) is 20.3. The van der Waals surface area contributed by atoms with Crippen molar-refractivity contribution in [1.82, 2.24) is 4.98 Å². The molecule has 1 amide bonds. The highest BCUT2D eigenvalue weighted by Gasteiger charge is 2.21. The number of carbonyl (C=O) groups is 1. The van der Waals surface area contributed by atoms with Crippen molar-refractivity contribution in [2.45, 2.75) is 11.8 Å². The second kappa shape index (κ2) is 7.77. The summed E-state index contributed by atoms with van der Waals surface area (Å²) in [4.78, 5) is 17.3. The zero-order valence-corrected chi connectivity index (χ0v) is 17.3. The molecule has 0 radical (unpaired) electrons. The smallest absolute Gasteiger partial charge is 0.258 e. The van der Waals surface area contributed by atoms with Crippen LogP contribution in [0.1, 0.15) is 17.3 Å². The lowest BCUT2D eigenvalue weighted by molar-refractivity contribution is 0.102. The second-order valence-electron chi connectivity index (χ2n) is 6.42. The minimum Gasteiger partial charge on any atom is -0.298 e. The van der Waals surface area contributed by atoms with Gasteiger partial charge in [0.1, 0.15) is 0 Å². The van der Waals surface area contributed by atoms with Gasteiger partial charge in [0.25, 0.3) is 5.91 Å². The van der Waals surface area contributed by atoms with Gasteiger partial charge in [-0.15, -0.1) is 11.3 Å². The quantitative estimate of drug-likeness (QED) is 0.491. The van der Waals surface area contributed by atoms with Crippen LogP contribution in [-0.2, 0) is 9.84 Å². The van der Waals surface area contributed by atoms with Gasteiger partial charge in [0.2, 0.25) is 0 Å². The second-order valence-corrected chi connectivity index (χ2v) is 9.52. The van der Waals surface area contributed by atoms with Crippen molar-refractivity contribution in [3.63, 3.8) is 0 Å². The van der Waals surface area contributed by atoms with Gasteiger partial charge in [0.05, 0.1) is 21.9 Å². The van der Waals surface area contributed by atoms with E-state index in [2.05, 4.69) is 10.3 Å². The molecule has 29 heavy (non-hydrogen) atoms. The summed E-state index contributed by atoms with van der Waals surface area (Å²) in [6.45, 7) is 1.56. The molecule has 1 heterocycles. The SMILES string of the molecule is CCS(=O)(=O)c1ccccc1C(=O)Nc1nc(-c2cccc3ccccc23)cs1. The Labute approximate surface area is 173 Å². The highest BCUT2D eigenvalue weighted by atomic mass is 32.2. The number of hydrogen-bond donors (Lipinski definition) is 1. The van der Waals surface area contributed by atoms with Crippen LogP contribution >= 0.6 is 11.3 Å². The Morgan fingerprint density at radius 1 is 1.00 bits per heavy atom. The Hall–Kier alpha value is -3.03. The van der Waals surface area contributed by atoms with Crippen LogP contribution in [0, 0.1) is 0 Å². The molecule has 3 aromatic carbocycles. The maximum absolute atomic E-state index is 12.7. The van der Waals surface area contributed by atoms with Crippen LogP contribution in [0.4, 0.5) is 5.13 Å². The van der Waals surface area contributed by atoms with Crippen LogP contribution in [0.5, 0.6) is 0 Å². The molecule has 0 bridgehead atoms. The molecule has 146 valence electrons. The first-order valence-electron chi connectivity index (χ1n) is 9.06. The first-order valence-corrected chi connectivity index (χ1v) is 11.6. The standard InChI is InChI=1S/C22H18N2O3S2/c1-2-29(26,27)20-13-6-5-11-18(20)21(25)24-22-23-19(14-28-22)17-12-7-9-15-8-3-4-10-16(15)17/h3-14H,2H2,1H3,(H,23,24,25). The van der Waals surface area contributed by atoms with E-state index in [9.17, 15) is 13.2 Å². The van der Waals surface area contributed by atoms with Crippen LogP contribution in [0.25, 0.3) is 22.0 Å². The van der Waals surface area contributed by atoms with Crippen LogP contribution < -0.4 is 5.32 Å². The van der Waals surface area contributed by atoms with E-state index in [0.29, 0.717) is 5.13 Å². The summed E-state index contributed by atoms with van der Waals surface area (Å²) < 4.78 is 24.6. The number of carbonyl (C=O) groups excluding carboxylic acids is 1. The van der Waals surface area contributed by atoms with Gasteiger partial charge in [-0.1, -0.05) is 61.5 Å². The summed E-state index contributed by atoms with van der Waals surface area (Å²) in [7, 11) is -3.51. The van der Waals surface area contributed by atoms with Crippen molar-refractivity contribution in [3.8, 4) is 11.3 Å². The molecular formula is C22H18N2O3S2. The number of anilines is 1. The molecule has 0 fully saturated rings. The fourth-order valence-corrected chi connectivity index (χ4v) is 4.95. The molecule has 4 rings (SSSR count). The van der Waals surface area contributed by atoms with Crippen molar-refractivity contribution in [2.24, 2.45) is 0 Å². The minimum atomic E-state index is -3.51. The fourth-order valence-electron chi connectivity index (χ4n) is 3.15. The Balaban J connectivity index is 1.65. The highest BCUT2D eigenvalue weighted by molar-refractivity contribution is 7.91. The molecule has 0 unspecified atom stereocenters. The van der Waals surface area contributed by atoms with Gasteiger partial charge in [-0.25, -0.2) is 13.4 Å². The Morgan fingerprint density at radius 3 is 2.55 bits per heavy atom. The lowest BCUT2D eigenvalue weighted by Crippen LogP contribution is -2.17. The number of benzene rings is 3. The summed E-state index contributed by atoms with van der Waals surface area (Å²) in [6.07, 6.45) is 0. The van der Waals surface area contributed by atoms with E-state index < -0.39 is 15.7 Å². The molecule has 0 aliphatic carbocycles. The molecule has 1 N–H and O–H groups in total. The van der Waals surface area contributed by atoms with Crippen LogP contribution in [0.15, 0.2) is 77.0 Å². The molecular weight excluding hydrogens is 404 g/mol. The van der Waals surface area contributed by atoms with Crippen molar-refractivity contribution >= 4 is 43.0 Å². The highest BCUT2D eigenvalue weighted by Crippen LogP contribution is 2.31. The maximum Gasteiger partial charge on any atom is 0.258 e. The first-order chi connectivity index (χ1) is 14.0. The van der Waals surface area contributed by atoms with Gasteiger partial charge in [-0.3, -0.25) is 10.1 Å². The van der Waals surface area contributed by atoms with Crippen LogP contribution in [-0.4, -0.2) is 25.1 Å². The Morgan fingerprint density at radius 2 is 1.72 bits per heavy atom. The number of nitrogens with one attached hydrogen (secondary N) is 1. The summed E-state index contributed by atoms with van der Waals surface area (Å²) in [5.41, 5.74) is 1.86. The number of aromatic nitrogens is 1. The molecule has 0 saturated carbocycles. The van der Waals surface area contributed by atoms with Gasteiger partial charge in [0.15, 0.2) is 15.0 Å². The third-order valence-corrected chi connectivity index (χ3v) is 7.18. The number of amides is 1. The minimum absolute atomic E-state index is 0.0332. The van der Waals surface area contributed by atoms with E-state index in [1.807, 2.05) is 47.8 Å². The number of thiazole rings is 1. The normalized spacial score (nSPS) is 11.5. The van der Waals surface area contributed by atoms with Crippen molar-refractivity contribution < 1.29 is 13.2 Å². The molecule has 0 spiro atoms. The predicted molar refractivity (Wildman–Crippen MR) is 117 cm³/mol. The molecule has 1 aromatic heterocycles. The number of rotatable bonds is 5. The van der Waals surface area contributed by atoms with Gasteiger partial charge < -0.3 is 0 Å². The van der Waals surface area contributed by atoms with Crippen LogP contribution in [0.2, 0.25) is 0 Å². The van der Waals surface area contributed by atoms with Gasteiger partial charge in [-0.2, -0.15) is 0 Å². The molecule has 5 nitrogen and oxygen atoms in total. The maximum atomic E-state index is 12.7. The van der Waals surface area contributed by atoms with E-state index in [1.165, 1.54) is 23.5 Å². The number of nitrogens with zero attached hydrogens (tertiary/aromatic N) is 1. The zero-order chi connectivity index (χ0) is 20.4. The van der Waals surface area contributed by atoms with E-state index >= 15 is 0 Å². The fraction of sp³-hybridized carbons (Fsp3) is 0.0909. The van der Waals surface area contributed by atoms with E-state index in [1.54, 1.807) is 19.1 Å². The average Bonchev–Trinajstić information content (AvgIpc) is 3.21. The number of fused-ring (bicyclic) bond motifs is 1. The van der Waals surface area contributed by atoms with Crippen molar-refractivity contribution in [3.05, 3.63) is 77.7 Å². The summed E-state index contributed by atoms with van der Waals surface area (Å²) in [5, 5.41) is 7.23. The van der Waals surface area contributed by atoms with E-state index in [-0.39, 0.29) is 16.2 Å². The van der Waals surface area contributed by atoms with E-state index in [4.69, 9.17) is 0 Å². The monoisotopic (exact) mass is 422 g/mol. The Kier molecular flexibility index (Phi) is 5.17. The topological polar surface area (TPSA) is 76.1 Å². The molecule has 4 aromatic rings. The van der Waals surface area contributed by atoms with E-state index in [0.717, 1.165) is 22.0 Å². The summed E-state index contributed by atoms with van der Waals surface area (Å²) >= 11 is 1.30. The largest absolute Gasteiger partial charge is 0.298 e. The molecule has 0 aliphatic rings. The summed E-state index contributed by atoms with van der Waals surface area (Å²) in [5.74, 6) is -0.559. The molecule has 7 heteroatoms. The predicted octanol–water partition coefficient (Wildman–Crippen LogP) is 5.01. The lowest BCUT2D eigenvalue weighted by Gasteiger charge is -2.08. The first kappa shape index (κ1) is 19.3. The number of hydrogen-bond acceptors (Lipinski definition) is 5. The Bertz CT molecular complexity index is 1310. The third kappa shape index (κ3) is 3.79. The average molecular weight is 423 g/mol.